The fourth-order valence-corrected chi connectivity index (χ4v) is 3.59. The molecule has 0 amide bonds. The second-order valence-corrected chi connectivity index (χ2v) is 8.33. The van der Waals surface area contributed by atoms with Crippen molar-refractivity contribution in [3.63, 3.8) is 0 Å². The molecule has 0 saturated carbocycles. The summed E-state index contributed by atoms with van der Waals surface area (Å²) in [5.74, 6) is -3.97. The highest BCUT2D eigenvalue weighted by Gasteiger charge is 2.37. The molecule has 0 radical (unpaired) electrons. The highest BCUT2D eigenvalue weighted by Crippen LogP contribution is 2.17. The number of carbonyl (C=O) groups is 3. The lowest BCUT2D eigenvalue weighted by Gasteiger charge is -2.14. The number of allylic oxidation sites excluding steroid dienone is 2. The van der Waals surface area contributed by atoms with Gasteiger partial charge in [-0.15, -0.1) is 0 Å². The summed E-state index contributed by atoms with van der Waals surface area (Å²) < 4.78 is 9.78. The summed E-state index contributed by atoms with van der Waals surface area (Å²) in [4.78, 5) is 37.0. The van der Waals surface area contributed by atoms with Crippen molar-refractivity contribution >= 4 is 23.4 Å². The number of ketones is 1. The van der Waals surface area contributed by atoms with Crippen LogP contribution in [-0.2, 0) is 19.1 Å². The van der Waals surface area contributed by atoms with Crippen LogP contribution in [-0.4, -0.2) is 37.5 Å². The second kappa shape index (κ2) is 18.8. The first-order chi connectivity index (χ1) is 16.5. The molecule has 6 heteroatoms. The van der Waals surface area contributed by atoms with E-state index in [9.17, 15) is 14.4 Å². The zero-order chi connectivity index (χ0) is 25.0. The number of hydrogen-bond acceptors (Lipinski definition) is 6. The molecule has 1 aromatic carbocycles. The largest absolute Gasteiger partial charge is 0.465 e. The molecule has 1 rings (SSSR count). The molecule has 0 aliphatic carbocycles. The highest BCUT2D eigenvalue weighted by atomic mass is 16.6. The smallest absolute Gasteiger partial charge is 0.328 e. The Morgan fingerprint density at radius 1 is 0.765 bits per heavy atom. The number of unbranched alkanes of at least 4 members (excludes halogenated alkanes) is 8. The Morgan fingerprint density at radius 2 is 1.29 bits per heavy atom. The summed E-state index contributed by atoms with van der Waals surface area (Å²) in [6.45, 7) is 6.48. The van der Waals surface area contributed by atoms with Gasteiger partial charge in [0.1, 0.15) is 0 Å². The number of ether oxygens (including phenoxy) is 2. The number of anilines is 1. The first-order valence-electron chi connectivity index (χ1n) is 12.9. The number of benzene rings is 1. The normalized spacial score (nSPS) is 11.1. The zero-order valence-corrected chi connectivity index (χ0v) is 21.3. The van der Waals surface area contributed by atoms with Crippen LogP contribution in [0.4, 0.5) is 5.69 Å². The van der Waals surface area contributed by atoms with E-state index in [2.05, 4.69) is 24.4 Å². The Kier molecular flexibility index (Phi) is 16.2. The summed E-state index contributed by atoms with van der Waals surface area (Å²) in [5, 5.41) is 3.33. The van der Waals surface area contributed by atoms with Crippen molar-refractivity contribution in [2.75, 3.05) is 25.1 Å². The van der Waals surface area contributed by atoms with Crippen LogP contribution >= 0.6 is 0 Å². The minimum absolute atomic E-state index is 0.0825. The molecule has 0 fully saturated rings. The van der Waals surface area contributed by atoms with E-state index < -0.39 is 23.6 Å². The summed E-state index contributed by atoms with van der Waals surface area (Å²) in [7, 11) is 0. The molecule has 0 aliphatic heterocycles. The van der Waals surface area contributed by atoms with Gasteiger partial charge in [0.05, 0.1) is 13.2 Å². The maximum absolute atomic E-state index is 12.7. The number of Topliss-reactive ketones (excluding diaryl/α,β-unsaturated/α-hetero) is 1. The third-order valence-corrected chi connectivity index (χ3v) is 5.49. The Bertz CT molecular complexity index is 724. The van der Waals surface area contributed by atoms with Gasteiger partial charge >= 0.3 is 11.9 Å². The molecule has 0 aliphatic rings. The van der Waals surface area contributed by atoms with E-state index in [0.717, 1.165) is 31.5 Å². The molecule has 0 unspecified atom stereocenters. The maximum Gasteiger partial charge on any atom is 0.328 e. The van der Waals surface area contributed by atoms with Gasteiger partial charge in [-0.3, -0.25) is 14.4 Å². The fourth-order valence-electron chi connectivity index (χ4n) is 3.59. The molecular formula is C28H43NO5. The Labute approximate surface area is 205 Å². The molecule has 6 nitrogen and oxygen atoms in total. The third-order valence-electron chi connectivity index (χ3n) is 5.49. The van der Waals surface area contributed by atoms with Gasteiger partial charge in [0.2, 0.25) is 5.92 Å². The van der Waals surface area contributed by atoms with Crippen molar-refractivity contribution in [2.24, 2.45) is 5.92 Å². The van der Waals surface area contributed by atoms with Gasteiger partial charge in [-0.05, 0) is 63.8 Å². The summed E-state index contributed by atoms with van der Waals surface area (Å²) in [6.07, 6.45) is 17.1. The molecular weight excluding hydrogens is 430 g/mol. The van der Waals surface area contributed by atoms with Gasteiger partial charge in [-0.25, -0.2) is 0 Å². The van der Waals surface area contributed by atoms with E-state index in [1.807, 2.05) is 0 Å². The lowest BCUT2D eigenvalue weighted by Crippen LogP contribution is -2.35. The molecule has 0 saturated heterocycles. The maximum atomic E-state index is 12.7. The summed E-state index contributed by atoms with van der Waals surface area (Å²) in [6, 6.07) is 6.77. The van der Waals surface area contributed by atoms with Crippen LogP contribution in [0.3, 0.4) is 0 Å². The summed E-state index contributed by atoms with van der Waals surface area (Å²) in [5.41, 5.74) is 1.15. The van der Waals surface area contributed by atoms with E-state index >= 15 is 0 Å². The van der Waals surface area contributed by atoms with Crippen molar-refractivity contribution < 1.29 is 23.9 Å². The van der Waals surface area contributed by atoms with E-state index in [-0.39, 0.29) is 18.8 Å². The van der Waals surface area contributed by atoms with Gasteiger partial charge in [0.15, 0.2) is 5.78 Å². The standard InChI is InChI=1S/C28H43NO5/c1-4-7-8-9-10-11-12-13-14-15-16-17-22-29-24-20-18-23(19-21-24)26(30)25(27(31)33-5-2)28(32)34-6-3/h14-15,18-21,25,29H,4-13,16-17,22H2,1-3H3/b15-14+. The minimum Gasteiger partial charge on any atom is -0.465 e. The van der Waals surface area contributed by atoms with Crippen LogP contribution in [0.25, 0.3) is 0 Å². The average Bonchev–Trinajstić information content (AvgIpc) is 2.83. The topological polar surface area (TPSA) is 81.7 Å². The monoisotopic (exact) mass is 473 g/mol. The fraction of sp³-hybridized carbons (Fsp3) is 0.607. The van der Waals surface area contributed by atoms with Crippen molar-refractivity contribution in [3.05, 3.63) is 42.0 Å². The van der Waals surface area contributed by atoms with E-state index in [0.29, 0.717) is 0 Å². The molecule has 1 aromatic rings. The molecule has 0 bridgehead atoms. The summed E-state index contributed by atoms with van der Waals surface area (Å²) >= 11 is 0. The third kappa shape index (κ3) is 12.0. The minimum atomic E-state index is -1.59. The van der Waals surface area contributed by atoms with Gasteiger partial charge in [0, 0.05) is 17.8 Å². The SMILES string of the molecule is CCCCCCCCC/C=C/CCCNc1ccc(C(=O)C(C(=O)OCC)C(=O)OCC)cc1. The first kappa shape index (κ1) is 29.4. The van der Waals surface area contributed by atoms with Gasteiger partial charge in [-0.1, -0.05) is 57.6 Å². The van der Waals surface area contributed by atoms with Crippen LogP contribution in [0.2, 0.25) is 0 Å². The van der Waals surface area contributed by atoms with Gasteiger partial charge < -0.3 is 14.8 Å². The Hall–Kier alpha value is -2.63. The molecule has 34 heavy (non-hydrogen) atoms. The number of hydrogen-bond donors (Lipinski definition) is 1. The quantitative estimate of drug-likeness (QED) is 0.0812. The number of carbonyl (C=O) groups excluding carboxylic acids is 3. The zero-order valence-electron chi connectivity index (χ0n) is 21.3. The van der Waals surface area contributed by atoms with Crippen molar-refractivity contribution in [3.8, 4) is 0 Å². The van der Waals surface area contributed by atoms with Crippen molar-refractivity contribution in [2.45, 2.75) is 85.0 Å². The van der Waals surface area contributed by atoms with Crippen molar-refractivity contribution in [1.29, 1.82) is 0 Å². The first-order valence-corrected chi connectivity index (χ1v) is 12.9. The molecule has 1 N–H and O–H groups in total. The van der Waals surface area contributed by atoms with E-state index in [4.69, 9.17) is 9.47 Å². The number of nitrogens with one attached hydrogen (secondary N) is 1. The van der Waals surface area contributed by atoms with Crippen LogP contribution in [0.15, 0.2) is 36.4 Å². The lowest BCUT2D eigenvalue weighted by molar-refractivity contribution is -0.158. The van der Waals surface area contributed by atoms with Crippen LogP contribution in [0, 0.1) is 5.92 Å². The molecule has 0 atom stereocenters. The predicted octanol–water partition coefficient (Wildman–Crippen LogP) is 6.50. The number of rotatable bonds is 19. The Morgan fingerprint density at radius 3 is 1.85 bits per heavy atom. The predicted molar refractivity (Wildman–Crippen MR) is 137 cm³/mol. The highest BCUT2D eigenvalue weighted by molar-refractivity contribution is 6.20. The van der Waals surface area contributed by atoms with E-state index in [1.54, 1.807) is 38.1 Å². The molecule has 0 spiro atoms. The molecule has 190 valence electrons. The van der Waals surface area contributed by atoms with Gasteiger partial charge in [0.25, 0.3) is 0 Å². The number of esters is 2. The van der Waals surface area contributed by atoms with Crippen molar-refractivity contribution in [1.82, 2.24) is 0 Å². The van der Waals surface area contributed by atoms with Crippen LogP contribution in [0.1, 0.15) is 95.3 Å². The average molecular weight is 474 g/mol. The second-order valence-electron chi connectivity index (χ2n) is 8.33. The van der Waals surface area contributed by atoms with Crippen LogP contribution in [0.5, 0.6) is 0 Å². The molecule has 0 heterocycles. The van der Waals surface area contributed by atoms with Gasteiger partial charge in [-0.2, -0.15) is 0 Å². The van der Waals surface area contributed by atoms with E-state index in [1.165, 1.54) is 44.9 Å². The van der Waals surface area contributed by atoms with Crippen LogP contribution < -0.4 is 5.32 Å². The lowest BCUT2D eigenvalue weighted by atomic mass is 9.97. The molecule has 0 aromatic heterocycles. The Balaban J connectivity index is 2.35.